The summed E-state index contributed by atoms with van der Waals surface area (Å²) in [7, 11) is 1.49. The molecule has 24 nitrogen and oxygen atoms in total. The number of likely N-dealkylation sites (N-methyl/N-ethyl adjacent to an activating group) is 1. The third-order valence-corrected chi connectivity index (χ3v) is 8.94. The van der Waals surface area contributed by atoms with Gasteiger partial charge >= 0.3 is 17.9 Å². The summed E-state index contributed by atoms with van der Waals surface area (Å²) >= 11 is 0. The van der Waals surface area contributed by atoms with E-state index in [1.165, 1.54) is 7.05 Å². The van der Waals surface area contributed by atoms with Gasteiger partial charge in [0.15, 0.2) is 0 Å². The van der Waals surface area contributed by atoms with E-state index in [9.17, 15) is 53.4 Å². The lowest BCUT2D eigenvalue weighted by molar-refractivity contribution is -0.143. The normalized spacial score (nSPS) is 12.2. The molecule has 1 rings (SSSR count). The molecule has 24 heteroatoms. The predicted octanol–water partition coefficient (Wildman–Crippen LogP) is -1.80. The molecule has 0 aromatic heterocycles. The summed E-state index contributed by atoms with van der Waals surface area (Å²) in [4.78, 5) is 107. The van der Waals surface area contributed by atoms with Crippen molar-refractivity contribution in [2.45, 2.75) is 76.4 Å². The summed E-state index contributed by atoms with van der Waals surface area (Å²) < 4.78 is 21.1. The van der Waals surface area contributed by atoms with Crippen molar-refractivity contribution in [3.63, 3.8) is 0 Å². The molecule has 3 atom stereocenters. The van der Waals surface area contributed by atoms with Gasteiger partial charge in [0.2, 0.25) is 29.5 Å². The number of amides is 6. The number of nitrogens with one attached hydrogen (secondary N) is 8. The second-order valence-electron chi connectivity index (χ2n) is 14.2. The first-order valence-electron chi connectivity index (χ1n) is 21.3. The van der Waals surface area contributed by atoms with Crippen molar-refractivity contribution in [3.8, 4) is 0 Å². The van der Waals surface area contributed by atoms with Crippen LogP contribution in [0.25, 0.3) is 0 Å². The summed E-state index contributed by atoms with van der Waals surface area (Å²) in [5.74, 6) is -6.64. The Morgan fingerprint density at radius 1 is 0.508 bits per heavy atom. The van der Waals surface area contributed by atoms with Gasteiger partial charge in [-0.25, -0.2) is 9.59 Å². The monoisotopic (exact) mass is 926 g/mol. The van der Waals surface area contributed by atoms with Crippen LogP contribution < -0.4 is 42.5 Å². The van der Waals surface area contributed by atoms with Crippen molar-refractivity contribution in [2.75, 3.05) is 97.9 Å². The fraction of sp³-hybridized carbons (Fsp3) is 0.634. The molecule has 0 aliphatic carbocycles. The summed E-state index contributed by atoms with van der Waals surface area (Å²) in [6, 6.07) is 3.53. The van der Waals surface area contributed by atoms with Crippen molar-refractivity contribution in [3.05, 3.63) is 29.8 Å². The van der Waals surface area contributed by atoms with Crippen LogP contribution in [0, 0.1) is 0 Å². The molecule has 0 bridgehead atoms. The maximum absolute atomic E-state index is 12.4. The number of anilines is 1. The zero-order valence-corrected chi connectivity index (χ0v) is 37.0. The third kappa shape index (κ3) is 29.2. The highest BCUT2D eigenvalue weighted by molar-refractivity contribution is 5.94. The van der Waals surface area contributed by atoms with Crippen LogP contribution in [0.15, 0.2) is 24.3 Å². The highest BCUT2D eigenvalue weighted by Crippen LogP contribution is 2.09. The number of carboxylic acids is 3. The molecule has 6 amide bonds. The van der Waals surface area contributed by atoms with Gasteiger partial charge in [0.1, 0.15) is 31.3 Å². The number of benzene rings is 1. The minimum Gasteiger partial charge on any atom is -0.480 e. The average molecular weight is 927 g/mol. The first kappa shape index (κ1) is 57.1. The summed E-state index contributed by atoms with van der Waals surface area (Å²) in [5.41, 5.74) is 1.43. The molecule has 0 fully saturated rings. The molecule has 366 valence electrons. The Morgan fingerprint density at radius 2 is 0.985 bits per heavy atom. The summed E-state index contributed by atoms with van der Waals surface area (Å²) in [6.07, 6.45) is 0.280. The van der Waals surface area contributed by atoms with Crippen LogP contribution in [0.4, 0.5) is 5.69 Å². The summed E-state index contributed by atoms with van der Waals surface area (Å²) in [5, 5.41) is 48.9. The predicted molar refractivity (Wildman–Crippen MR) is 232 cm³/mol. The van der Waals surface area contributed by atoms with Crippen molar-refractivity contribution >= 4 is 59.0 Å². The lowest BCUT2D eigenvalue weighted by Crippen LogP contribution is -2.43. The maximum Gasteiger partial charge on any atom is 0.326 e. The average Bonchev–Trinajstić information content (AvgIpc) is 3.27. The highest BCUT2D eigenvalue weighted by atomic mass is 16.5. The van der Waals surface area contributed by atoms with E-state index >= 15 is 0 Å². The van der Waals surface area contributed by atoms with Gasteiger partial charge in [-0.15, -0.1) is 0 Å². The minimum atomic E-state index is -1.38. The molecule has 0 saturated heterocycles. The number of ether oxygens (including phenoxy) is 4. The summed E-state index contributed by atoms with van der Waals surface area (Å²) in [6.45, 7) is 3.48. The van der Waals surface area contributed by atoms with E-state index in [4.69, 9.17) is 24.1 Å². The molecule has 11 N–H and O–H groups in total. The first-order chi connectivity index (χ1) is 31.2. The van der Waals surface area contributed by atoms with Crippen molar-refractivity contribution in [1.82, 2.24) is 37.2 Å². The Morgan fingerprint density at radius 3 is 1.52 bits per heavy atom. The maximum atomic E-state index is 12.4. The van der Waals surface area contributed by atoms with E-state index in [1.54, 1.807) is 12.1 Å². The first-order valence-corrected chi connectivity index (χ1v) is 21.3. The van der Waals surface area contributed by atoms with E-state index < -0.39 is 60.4 Å². The van der Waals surface area contributed by atoms with Gasteiger partial charge in [0, 0.05) is 63.2 Å². The number of carbonyl (C=O) groups is 9. The van der Waals surface area contributed by atoms with Crippen molar-refractivity contribution in [1.29, 1.82) is 0 Å². The SMILES string of the molecule is CCCNc1ccc(C(=O)NCCNC(=O)COCCOCCNC(=O)CCC(NC(=O)CCCC(NC(=O)COCCOCCNC(=O)CC[C@@H](NC)C(=O)O)C(=O)O)C(=O)O)cc1. The van der Waals surface area contributed by atoms with Crippen molar-refractivity contribution in [2.24, 2.45) is 0 Å². The molecule has 0 heterocycles. The smallest absolute Gasteiger partial charge is 0.326 e. The molecule has 0 spiro atoms. The van der Waals surface area contributed by atoms with Gasteiger partial charge < -0.3 is 76.8 Å². The van der Waals surface area contributed by atoms with Crippen LogP contribution >= 0.6 is 0 Å². The van der Waals surface area contributed by atoms with E-state index in [1.807, 2.05) is 12.1 Å². The Labute approximate surface area is 377 Å². The molecule has 1 aromatic carbocycles. The van der Waals surface area contributed by atoms with Crippen LogP contribution in [0.2, 0.25) is 0 Å². The van der Waals surface area contributed by atoms with Crippen LogP contribution in [0.1, 0.15) is 68.6 Å². The Bertz CT molecular complexity index is 1630. The number of hydrogen-bond donors (Lipinski definition) is 11. The third-order valence-electron chi connectivity index (χ3n) is 8.94. The van der Waals surface area contributed by atoms with Crippen LogP contribution in [0.5, 0.6) is 0 Å². The lowest BCUT2D eigenvalue weighted by atomic mass is 10.1. The molecule has 0 saturated carbocycles. The molecule has 0 radical (unpaired) electrons. The molecule has 0 aliphatic heterocycles. The van der Waals surface area contributed by atoms with Crippen LogP contribution in [-0.4, -0.2) is 179 Å². The highest BCUT2D eigenvalue weighted by Gasteiger charge is 2.23. The fourth-order valence-corrected chi connectivity index (χ4v) is 5.44. The zero-order chi connectivity index (χ0) is 48.2. The Hall–Kier alpha value is -5.95. The standard InChI is InChI=1S/C41H66N8O16/c1-3-15-43-29-9-7-28(8-10-29)38(55)47-17-16-44-36(53)26-64-24-22-62-21-19-46-34(51)14-12-32(41(60)61)48-35(52)6-4-5-31(40(58)59)49-37(54)27-65-25-23-63-20-18-45-33(50)13-11-30(42-2)39(56)57/h7-10,30-32,42-43H,3-6,11-27H2,1-2H3,(H,44,53)(H,45,50)(H,46,51)(H,47,55)(H,48,52)(H,49,54)(H,56,57)(H,58,59)(H,60,61)/t30-,31?,32?/m1/s1. The van der Waals surface area contributed by atoms with Gasteiger partial charge in [-0.3, -0.25) is 33.6 Å². The Balaban J connectivity index is 2.13. The quantitative estimate of drug-likeness (QED) is 0.0324. The largest absolute Gasteiger partial charge is 0.480 e. The van der Waals surface area contributed by atoms with E-state index in [2.05, 4.69) is 49.5 Å². The van der Waals surface area contributed by atoms with Crippen LogP contribution in [-0.2, 0) is 57.3 Å². The number of rotatable bonds is 39. The molecule has 65 heavy (non-hydrogen) atoms. The van der Waals surface area contributed by atoms with E-state index in [-0.39, 0.29) is 135 Å². The van der Waals surface area contributed by atoms with E-state index in [0.29, 0.717) is 5.56 Å². The van der Waals surface area contributed by atoms with Gasteiger partial charge in [-0.1, -0.05) is 6.92 Å². The zero-order valence-electron chi connectivity index (χ0n) is 37.0. The topological polar surface area (TPSA) is 347 Å². The molecule has 1 aromatic rings. The van der Waals surface area contributed by atoms with Crippen molar-refractivity contribution < 1.29 is 77.4 Å². The second-order valence-corrected chi connectivity index (χ2v) is 14.2. The number of hydrogen-bond acceptors (Lipinski definition) is 15. The van der Waals surface area contributed by atoms with Gasteiger partial charge in [0.05, 0.1) is 39.6 Å². The van der Waals surface area contributed by atoms with Gasteiger partial charge in [-0.05, 0) is 63.4 Å². The molecular weight excluding hydrogens is 860 g/mol. The second kappa shape index (κ2) is 35.4. The fourth-order valence-electron chi connectivity index (χ4n) is 5.44. The number of carbonyl (C=O) groups excluding carboxylic acids is 6. The molecule has 0 aliphatic rings. The molecular formula is C41H66N8O16. The van der Waals surface area contributed by atoms with Gasteiger partial charge in [0.25, 0.3) is 5.91 Å². The van der Waals surface area contributed by atoms with E-state index in [0.717, 1.165) is 18.7 Å². The Kier molecular flexibility index (Phi) is 31.1. The van der Waals surface area contributed by atoms with Crippen LogP contribution in [0.3, 0.4) is 0 Å². The number of carboxylic acid groups (broad SMARTS) is 3. The molecule has 2 unspecified atom stereocenters. The van der Waals surface area contributed by atoms with Gasteiger partial charge in [-0.2, -0.15) is 0 Å². The number of aliphatic carboxylic acids is 3. The lowest BCUT2D eigenvalue weighted by Gasteiger charge is -2.16. The minimum absolute atomic E-state index is 0.00957.